The van der Waals surface area contributed by atoms with Gasteiger partial charge in [0.15, 0.2) is 0 Å². The van der Waals surface area contributed by atoms with Crippen molar-refractivity contribution in [2.75, 3.05) is 12.5 Å². The SMILES string of the molecule is [CH2]CCc1cc(SC)ccc1SC. The molecule has 0 aromatic heterocycles. The lowest BCUT2D eigenvalue weighted by atomic mass is 10.1. The second kappa shape index (κ2) is 5.61. The van der Waals surface area contributed by atoms with Gasteiger partial charge in [0, 0.05) is 9.79 Å². The van der Waals surface area contributed by atoms with Crippen LogP contribution in [0.5, 0.6) is 0 Å². The Kier molecular flexibility index (Phi) is 4.74. The second-order valence-electron chi connectivity index (χ2n) is 2.78. The minimum Gasteiger partial charge on any atom is -0.130 e. The van der Waals surface area contributed by atoms with Crippen LogP contribution < -0.4 is 0 Å². The Morgan fingerprint density at radius 1 is 1.23 bits per heavy atom. The fraction of sp³-hybridized carbons (Fsp3) is 0.364. The molecule has 1 rings (SSSR count). The maximum Gasteiger partial charge on any atom is 0.0102 e. The molecule has 1 radical (unpaired) electrons. The van der Waals surface area contributed by atoms with E-state index in [0.29, 0.717) is 0 Å². The molecule has 0 fully saturated rings. The van der Waals surface area contributed by atoms with E-state index in [9.17, 15) is 0 Å². The van der Waals surface area contributed by atoms with Crippen molar-refractivity contribution < 1.29 is 0 Å². The van der Waals surface area contributed by atoms with Crippen molar-refractivity contribution in [3.8, 4) is 0 Å². The van der Waals surface area contributed by atoms with Gasteiger partial charge in [-0.05, 0) is 49.1 Å². The first-order valence-corrected chi connectivity index (χ1v) is 6.77. The van der Waals surface area contributed by atoms with Gasteiger partial charge in [0.05, 0.1) is 0 Å². The number of benzene rings is 1. The van der Waals surface area contributed by atoms with Crippen LogP contribution in [0.2, 0.25) is 0 Å². The molecular weight excluding hydrogens is 196 g/mol. The Balaban J connectivity index is 2.95. The maximum absolute atomic E-state index is 3.90. The molecule has 0 heterocycles. The van der Waals surface area contributed by atoms with E-state index in [-0.39, 0.29) is 0 Å². The van der Waals surface area contributed by atoms with E-state index >= 15 is 0 Å². The third-order valence-corrected chi connectivity index (χ3v) is 3.50. The third kappa shape index (κ3) is 2.96. The zero-order valence-electron chi connectivity index (χ0n) is 8.17. The molecule has 0 spiro atoms. The van der Waals surface area contributed by atoms with Crippen LogP contribution in [0.4, 0.5) is 0 Å². The molecule has 0 unspecified atom stereocenters. The van der Waals surface area contributed by atoms with E-state index in [1.807, 2.05) is 11.8 Å². The molecule has 0 aliphatic carbocycles. The van der Waals surface area contributed by atoms with Gasteiger partial charge < -0.3 is 0 Å². The highest BCUT2D eigenvalue weighted by molar-refractivity contribution is 7.99. The molecule has 1 aromatic carbocycles. The molecule has 0 aliphatic heterocycles. The number of thioether (sulfide) groups is 2. The Hall–Kier alpha value is -0.0800. The van der Waals surface area contributed by atoms with Crippen LogP contribution in [0.1, 0.15) is 12.0 Å². The minimum atomic E-state index is 0.978. The standard InChI is InChI=1S/C11H15S2/c1-4-5-9-8-10(12-2)6-7-11(9)13-3/h6-8H,1,4-5H2,2-3H3. The van der Waals surface area contributed by atoms with Gasteiger partial charge in [0.25, 0.3) is 0 Å². The first-order valence-electron chi connectivity index (χ1n) is 4.32. The van der Waals surface area contributed by atoms with Gasteiger partial charge in [-0.25, -0.2) is 0 Å². The van der Waals surface area contributed by atoms with Gasteiger partial charge >= 0.3 is 0 Å². The first-order chi connectivity index (χ1) is 6.31. The molecule has 0 aliphatic rings. The molecular formula is C11H15S2. The molecule has 0 saturated carbocycles. The molecule has 0 atom stereocenters. The zero-order chi connectivity index (χ0) is 9.68. The molecule has 0 nitrogen and oxygen atoms in total. The summed E-state index contributed by atoms with van der Waals surface area (Å²) in [5, 5.41) is 0. The normalized spacial score (nSPS) is 10.4. The van der Waals surface area contributed by atoms with E-state index in [1.54, 1.807) is 11.8 Å². The summed E-state index contributed by atoms with van der Waals surface area (Å²) in [6.45, 7) is 3.90. The predicted molar refractivity (Wildman–Crippen MR) is 63.7 cm³/mol. The van der Waals surface area contributed by atoms with E-state index in [4.69, 9.17) is 0 Å². The van der Waals surface area contributed by atoms with Gasteiger partial charge in [-0.2, -0.15) is 0 Å². The summed E-state index contributed by atoms with van der Waals surface area (Å²) in [6, 6.07) is 6.67. The monoisotopic (exact) mass is 211 g/mol. The molecule has 0 amide bonds. The number of hydrogen-bond donors (Lipinski definition) is 0. The summed E-state index contributed by atoms with van der Waals surface area (Å²) in [6.07, 6.45) is 6.30. The summed E-state index contributed by atoms with van der Waals surface area (Å²) in [7, 11) is 0. The highest BCUT2D eigenvalue weighted by atomic mass is 32.2. The van der Waals surface area contributed by atoms with Crippen molar-refractivity contribution in [1.29, 1.82) is 0 Å². The fourth-order valence-electron chi connectivity index (χ4n) is 1.27. The highest BCUT2D eigenvalue weighted by Crippen LogP contribution is 2.26. The Labute approximate surface area is 89.5 Å². The lowest BCUT2D eigenvalue weighted by molar-refractivity contribution is 0.960. The zero-order valence-corrected chi connectivity index (χ0v) is 9.80. The van der Waals surface area contributed by atoms with Crippen LogP contribution in [0.15, 0.2) is 28.0 Å². The topological polar surface area (TPSA) is 0 Å². The largest absolute Gasteiger partial charge is 0.130 e. The third-order valence-electron chi connectivity index (χ3n) is 1.93. The average Bonchev–Trinajstić information content (AvgIpc) is 2.18. The summed E-state index contributed by atoms with van der Waals surface area (Å²) in [5.74, 6) is 0. The minimum absolute atomic E-state index is 0.978. The van der Waals surface area contributed by atoms with Crippen LogP contribution in [0.3, 0.4) is 0 Å². The number of aryl methyl sites for hydroxylation is 1. The van der Waals surface area contributed by atoms with E-state index in [2.05, 4.69) is 37.6 Å². The van der Waals surface area contributed by atoms with Crippen LogP contribution >= 0.6 is 23.5 Å². The Bertz CT molecular complexity index is 269. The van der Waals surface area contributed by atoms with Crippen LogP contribution in [-0.2, 0) is 6.42 Å². The van der Waals surface area contributed by atoms with Gasteiger partial charge in [-0.1, -0.05) is 6.92 Å². The first kappa shape index (κ1) is 11.0. The molecule has 2 heteroatoms. The van der Waals surface area contributed by atoms with Crippen molar-refractivity contribution in [2.45, 2.75) is 22.6 Å². The van der Waals surface area contributed by atoms with Crippen molar-refractivity contribution in [3.63, 3.8) is 0 Å². The van der Waals surface area contributed by atoms with Crippen LogP contribution in [-0.4, -0.2) is 12.5 Å². The molecule has 71 valence electrons. The van der Waals surface area contributed by atoms with E-state index < -0.39 is 0 Å². The fourth-order valence-corrected chi connectivity index (χ4v) is 2.36. The number of hydrogen-bond acceptors (Lipinski definition) is 2. The lowest BCUT2D eigenvalue weighted by Gasteiger charge is -2.07. The molecule has 0 bridgehead atoms. The quantitative estimate of drug-likeness (QED) is 0.693. The molecule has 13 heavy (non-hydrogen) atoms. The molecule has 1 aromatic rings. The average molecular weight is 211 g/mol. The predicted octanol–water partition coefficient (Wildman–Crippen LogP) is 3.90. The highest BCUT2D eigenvalue weighted by Gasteiger charge is 2.01. The van der Waals surface area contributed by atoms with E-state index in [1.165, 1.54) is 15.4 Å². The van der Waals surface area contributed by atoms with Gasteiger partial charge in [-0.3, -0.25) is 0 Å². The smallest absolute Gasteiger partial charge is 0.0102 e. The van der Waals surface area contributed by atoms with Crippen molar-refractivity contribution in [1.82, 2.24) is 0 Å². The summed E-state index contributed by atoms with van der Waals surface area (Å²) in [5.41, 5.74) is 1.44. The van der Waals surface area contributed by atoms with Crippen molar-refractivity contribution >= 4 is 23.5 Å². The van der Waals surface area contributed by atoms with E-state index in [0.717, 1.165) is 12.8 Å². The van der Waals surface area contributed by atoms with Crippen molar-refractivity contribution in [3.05, 3.63) is 30.7 Å². The molecule has 0 N–H and O–H groups in total. The van der Waals surface area contributed by atoms with Gasteiger partial charge in [0.1, 0.15) is 0 Å². The number of rotatable bonds is 4. The van der Waals surface area contributed by atoms with Gasteiger partial charge in [0.2, 0.25) is 0 Å². The molecule has 0 saturated heterocycles. The van der Waals surface area contributed by atoms with Crippen LogP contribution in [0.25, 0.3) is 0 Å². The lowest BCUT2D eigenvalue weighted by Crippen LogP contribution is -1.87. The van der Waals surface area contributed by atoms with Crippen LogP contribution in [0, 0.1) is 6.92 Å². The summed E-state index contributed by atoms with van der Waals surface area (Å²) in [4.78, 5) is 2.74. The maximum atomic E-state index is 3.90. The Morgan fingerprint density at radius 2 is 2.00 bits per heavy atom. The summed E-state index contributed by atoms with van der Waals surface area (Å²) < 4.78 is 0. The summed E-state index contributed by atoms with van der Waals surface area (Å²) >= 11 is 3.62. The van der Waals surface area contributed by atoms with Crippen molar-refractivity contribution in [2.24, 2.45) is 0 Å². The van der Waals surface area contributed by atoms with Gasteiger partial charge in [-0.15, -0.1) is 23.5 Å². The second-order valence-corrected chi connectivity index (χ2v) is 4.51. The Morgan fingerprint density at radius 3 is 2.54 bits per heavy atom.